The van der Waals surface area contributed by atoms with Crippen molar-refractivity contribution in [2.45, 2.75) is 52.1 Å². The highest BCUT2D eigenvalue weighted by molar-refractivity contribution is 7.99. The van der Waals surface area contributed by atoms with Crippen LogP contribution in [0.15, 0.2) is 0 Å². The fraction of sp³-hybridized carbons (Fsp3) is 1.00. The molecule has 2 unspecified atom stereocenters. The molecule has 92 valence electrons. The second-order valence-corrected chi connectivity index (χ2v) is 5.57. The van der Waals surface area contributed by atoms with Gasteiger partial charge in [0.2, 0.25) is 0 Å². The highest BCUT2D eigenvalue weighted by Gasteiger charge is 2.17. The van der Waals surface area contributed by atoms with Crippen LogP contribution in [0.2, 0.25) is 0 Å². The van der Waals surface area contributed by atoms with Crippen LogP contribution in [0.25, 0.3) is 0 Å². The molecule has 0 spiro atoms. The summed E-state index contributed by atoms with van der Waals surface area (Å²) >= 11 is 2.01. The lowest BCUT2D eigenvalue weighted by atomic mass is 10.1. The van der Waals surface area contributed by atoms with E-state index in [1.54, 1.807) is 0 Å². The summed E-state index contributed by atoms with van der Waals surface area (Å²) in [4.78, 5) is 2.46. The molecule has 0 radical (unpaired) electrons. The molecule has 0 rings (SSSR count). The fourth-order valence-corrected chi connectivity index (χ4v) is 2.56. The fourth-order valence-electron chi connectivity index (χ4n) is 1.83. The van der Waals surface area contributed by atoms with Gasteiger partial charge in [-0.1, -0.05) is 20.3 Å². The number of nitrogens with two attached hydrogens (primary N) is 1. The van der Waals surface area contributed by atoms with E-state index in [1.807, 2.05) is 11.8 Å². The van der Waals surface area contributed by atoms with Crippen LogP contribution < -0.4 is 5.73 Å². The highest BCUT2D eigenvalue weighted by atomic mass is 32.2. The quantitative estimate of drug-likeness (QED) is 0.620. The Balaban J connectivity index is 3.91. The Labute approximate surface area is 100.0 Å². The Hall–Kier alpha value is 0.270. The summed E-state index contributed by atoms with van der Waals surface area (Å²) in [6.07, 6.45) is 3.75. The first-order valence-electron chi connectivity index (χ1n) is 6.17. The number of nitrogens with zero attached hydrogens (tertiary/aromatic N) is 1. The van der Waals surface area contributed by atoms with E-state index < -0.39 is 0 Å². The number of thioether (sulfide) groups is 1. The number of hydrogen-bond donors (Lipinski definition) is 1. The predicted octanol–water partition coefficient (Wildman–Crippen LogP) is 2.58. The van der Waals surface area contributed by atoms with E-state index in [2.05, 4.69) is 32.7 Å². The van der Waals surface area contributed by atoms with E-state index in [1.165, 1.54) is 30.8 Å². The topological polar surface area (TPSA) is 29.3 Å². The van der Waals surface area contributed by atoms with Crippen molar-refractivity contribution in [3.05, 3.63) is 0 Å². The van der Waals surface area contributed by atoms with Gasteiger partial charge in [-0.05, 0) is 38.3 Å². The van der Waals surface area contributed by atoms with Gasteiger partial charge >= 0.3 is 0 Å². The SMILES string of the molecule is CCCC(C)N(C)C(CN)CCSCC. The molecule has 2 N–H and O–H groups in total. The van der Waals surface area contributed by atoms with E-state index in [0.717, 1.165) is 6.54 Å². The van der Waals surface area contributed by atoms with E-state index >= 15 is 0 Å². The van der Waals surface area contributed by atoms with Crippen molar-refractivity contribution in [2.75, 3.05) is 25.1 Å². The summed E-state index contributed by atoms with van der Waals surface area (Å²) < 4.78 is 0. The van der Waals surface area contributed by atoms with E-state index in [4.69, 9.17) is 5.73 Å². The zero-order valence-corrected chi connectivity index (χ0v) is 11.6. The van der Waals surface area contributed by atoms with E-state index in [0.29, 0.717) is 12.1 Å². The van der Waals surface area contributed by atoms with Crippen molar-refractivity contribution >= 4 is 11.8 Å². The van der Waals surface area contributed by atoms with Crippen LogP contribution in [-0.2, 0) is 0 Å². The molecule has 3 heteroatoms. The van der Waals surface area contributed by atoms with Crippen LogP contribution >= 0.6 is 11.8 Å². The third-order valence-electron chi connectivity index (χ3n) is 3.05. The Kier molecular flexibility index (Phi) is 9.66. The normalized spacial score (nSPS) is 15.6. The minimum Gasteiger partial charge on any atom is -0.329 e. The van der Waals surface area contributed by atoms with Gasteiger partial charge in [0.1, 0.15) is 0 Å². The highest BCUT2D eigenvalue weighted by Crippen LogP contribution is 2.13. The summed E-state index contributed by atoms with van der Waals surface area (Å²) in [6, 6.07) is 1.22. The zero-order valence-electron chi connectivity index (χ0n) is 10.8. The van der Waals surface area contributed by atoms with Gasteiger partial charge in [-0.25, -0.2) is 0 Å². The lowest BCUT2D eigenvalue weighted by molar-refractivity contribution is 0.175. The zero-order chi connectivity index (χ0) is 11.7. The van der Waals surface area contributed by atoms with Crippen molar-refractivity contribution < 1.29 is 0 Å². The Bertz CT molecular complexity index is 142. The molecule has 0 aliphatic carbocycles. The Morgan fingerprint density at radius 3 is 2.40 bits per heavy atom. The van der Waals surface area contributed by atoms with Gasteiger partial charge in [0, 0.05) is 18.6 Å². The number of hydrogen-bond acceptors (Lipinski definition) is 3. The van der Waals surface area contributed by atoms with Crippen molar-refractivity contribution in [2.24, 2.45) is 5.73 Å². The Morgan fingerprint density at radius 1 is 1.27 bits per heavy atom. The molecule has 0 saturated heterocycles. The number of likely N-dealkylation sites (N-methyl/N-ethyl adjacent to an activating group) is 1. The first kappa shape index (κ1) is 15.3. The van der Waals surface area contributed by atoms with Gasteiger partial charge < -0.3 is 5.73 Å². The van der Waals surface area contributed by atoms with Gasteiger partial charge in [-0.15, -0.1) is 0 Å². The first-order chi connectivity index (χ1) is 7.17. The molecule has 0 amide bonds. The summed E-state index contributed by atoms with van der Waals surface area (Å²) in [6.45, 7) is 7.55. The second-order valence-electron chi connectivity index (χ2n) is 4.18. The molecule has 0 aromatic carbocycles. The van der Waals surface area contributed by atoms with Crippen molar-refractivity contribution in [3.8, 4) is 0 Å². The molecule has 15 heavy (non-hydrogen) atoms. The Morgan fingerprint density at radius 2 is 1.93 bits per heavy atom. The van der Waals surface area contributed by atoms with Crippen molar-refractivity contribution in [1.82, 2.24) is 4.90 Å². The average molecular weight is 232 g/mol. The molecule has 2 atom stereocenters. The van der Waals surface area contributed by atoms with Crippen LogP contribution in [0.1, 0.15) is 40.0 Å². The molecular formula is C12H28N2S. The summed E-state index contributed by atoms with van der Waals surface area (Å²) in [5.74, 6) is 2.45. The summed E-state index contributed by atoms with van der Waals surface area (Å²) in [5, 5.41) is 0. The molecular weight excluding hydrogens is 204 g/mol. The van der Waals surface area contributed by atoms with Crippen LogP contribution in [0, 0.1) is 0 Å². The van der Waals surface area contributed by atoms with Gasteiger partial charge in [0.05, 0.1) is 0 Å². The smallest absolute Gasteiger partial charge is 0.0226 e. The molecule has 2 nitrogen and oxygen atoms in total. The standard InChI is InChI=1S/C12H28N2S/c1-5-7-11(3)14(4)12(10-13)8-9-15-6-2/h11-12H,5-10,13H2,1-4H3. The first-order valence-corrected chi connectivity index (χ1v) is 7.32. The maximum atomic E-state index is 5.84. The monoisotopic (exact) mass is 232 g/mol. The molecule has 0 saturated carbocycles. The van der Waals surface area contributed by atoms with Gasteiger partial charge in [-0.2, -0.15) is 11.8 Å². The minimum absolute atomic E-state index is 0.561. The lowest BCUT2D eigenvalue weighted by Crippen LogP contribution is -2.43. The predicted molar refractivity (Wildman–Crippen MR) is 72.6 cm³/mol. The van der Waals surface area contributed by atoms with Crippen LogP contribution in [0.4, 0.5) is 0 Å². The molecule has 0 heterocycles. The lowest BCUT2D eigenvalue weighted by Gasteiger charge is -2.32. The largest absolute Gasteiger partial charge is 0.329 e. The average Bonchev–Trinajstić information content (AvgIpc) is 2.24. The van der Waals surface area contributed by atoms with Crippen molar-refractivity contribution in [1.29, 1.82) is 0 Å². The third kappa shape index (κ3) is 6.44. The molecule has 0 aliphatic heterocycles. The summed E-state index contributed by atoms with van der Waals surface area (Å²) in [7, 11) is 2.22. The molecule has 0 aromatic rings. The molecule has 0 aromatic heterocycles. The summed E-state index contributed by atoms with van der Waals surface area (Å²) in [5.41, 5.74) is 5.84. The number of rotatable bonds is 9. The van der Waals surface area contributed by atoms with Gasteiger partial charge in [0.25, 0.3) is 0 Å². The van der Waals surface area contributed by atoms with Gasteiger partial charge in [-0.3, -0.25) is 4.90 Å². The van der Waals surface area contributed by atoms with Crippen LogP contribution in [0.5, 0.6) is 0 Å². The maximum absolute atomic E-state index is 5.84. The van der Waals surface area contributed by atoms with Gasteiger partial charge in [0.15, 0.2) is 0 Å². The molecule has 0 aliphatic rings. The second kappa shape index (κ2) is 9.49. The molecule has 0 fully saturated rings. The third-order valence-corrected chi connectivity index (χ3v) is 3.98. The van der Waals surface area contributed by atoms with Crippen LogP contribution in [-0.4, -0.2) is 42.1 Å². The van der Waals surface area contributed by atoms with Crippen LogP contribution in [0.3, 0.4) is 0 Å². The van der Waals surface area contributed by atoms with Crippen molar-refractivity contribution in [3.63, 3.8) is 0 Å². The van der Waals surface area contributed by atoms with E-state index in [9.17, 15) is 0 Å². The maximum Gasteiger partial charge on any atom is 0.0226 e. The minimum atomic E-state index is 0.561. The van der Waals surface area contributed by atoms with E-state index in [-0.39, 0.29) is 0 Å². The molecule has 0 bridgehead atoms.